The van der Waals surface area contributed by atoms with Gasteiger partial charge < -0.3 is 9.47 Å². The molecule has 0 spiro atoms. The molecular formula is C19H25NO3S. The minimum Gasteiger partial charge on any atom is -0.504 e. The first-order valence-corrected chi connectivity index (χ1v) is 8.41. The predicted octanol–water partition coefficient (Wildman–Crippen LogP) is 4.35. The number of hydrogen-bond acceptors (Lipinski definition) is 5. The molecule has 0 bridgehead atoms. The number of rotatable bonds is 8. The highest BCUT2D eigenvalue weighted by molar-refractivity contribution is 7.97. The Kier molecular flexibility index (Phi) is 8.36. The van der Waals surface area contributed by atoms with Crippen LogP contribution in [0.25, 0.3) is 5.57 Å². The molecule has 0 amide bonds. The molecule has 0 aliphatic heterocycles. The van der Waals surface area contributed by atoms with E-state index in [2.05, 4.69) is 11.3 Å². The van der Waals surface area contributed by atoms with Crippen LogP contribution in [0.2, 0.25) is 0 Å². The van der Waals surface area contributed by atoms with E-state index in [-0.39, 0.29) is 12.5 Å². The summed E-state index contributed by atoms with van der Waals surface area (Å²) >= 11 is 1.39. The molecule has 4 nitrogen and oxygen atoms in total. The Morgan fingerprint density at radius 2 is 1.96 bits per heavy atom. The van der Waals surface area contributed by atoms with E-state index in [1.54, 1.807) is 19.4 Å². The Morgan fingerprint density at radius 1 is 1.29 bits per heavy atom. The van der Waals surface area contributed by atoms with Gasteiger partial charge in [0.2, 0.25) is 0 Å². The van der Waals surface area contributed by atoms with Crippen molar-refractivity contribution in [3.8, 4) is 0 Å². The lowest BCUT2D eigenvalue weighted by Gasteiger charge is -2.19. The predicted molar refractivity (Wildman–Crippen MR) is 100 cm³/mol. The van der Waals surface area contributed by atoms with Crippen molar-refractivity contribution in [3.63, 3.8) is 0 Å². The Morgan fingerprint density at radius 3 is 2.50 bits per heavy atom. The second-order valence-corrected chi connectivity index (χ2v) is 6.89. The first-order valence-electron chi connectivity index (χ1n) is 7.60. The van der Waals surface area contributed by atoms with Gasteiger partial charge in [-0.15, -0.1) is 0 Å². The van der Waals surface area contributed by atoms with Gasteiger partial charge in [-0.2, -0.15) is 0 Å². The SMILES string of the molecule is C=C/C(=C\C=C\OC)c1ccc(SNCC(=O)OC(C)(C)C)cc1. The summed E-state index contributed by atoms with van der Waals surface area (Å²) in [6, 6.07) is 7.98. The van der Waals surface area contributed by atoms with E-state index in [1.807, 2.05) is 57.2 Å². The lowest BCUT2D eigenvalue weighted by Crippen LogP contribution is -2.29. The summed E-state index contributed by atoms with van der Waals surface area (Å²) in [6.45, 7) is 9.53. The maximum Gasteiger partial charge on any atom is 0.321 e. The van der Waals surface area contributed by atoms with E-state index < -0.39 is 5.60 Å². The highest BCUT2D eigenvalue weighted by Crippen LogP contribution is 2.20. The summed E-state index contributed by atoms with van der Waals surface area (Å²) in [5.41, 5.74) is 1.60. The van der Waals surface area contributed by atoms with Gasteiger partial charge in [-0.05, 0) is 62.1 Å². The summed E-state index contributed by atoms with van der Waals surface area (Å²) in [7, 11) is 1.61. The molecule has 24 heavy (non-hydrogen) atoms. The van der Waals surface area contributed by atoms with Crippen LogP contribution in [-0.2, 0) is 14.3 Å². The molecule has 0 heterocycles. The zero-order valence-electron chi connectivity index (χ0n) is 14.7. The van der Waals surface area contributed by atoms with Crippen LogP contribution < -0.4 is 4.72 Å². The smallest absolute Gasteiger partial charge is 0.321 e. The van der Waals surface area contributed by atoms with Crippen LogP contribution in [0.5, 0.6) is 0 Å². The number of nitrogens with one attached hydrogen (secondary N) is 1. The van der Waals surface area contributed by atoms with Crippen molar-refractivity contribution in [1.29, 1.82) is 0 Å². The van der Waals surface area contributed by atoms with Gasteiger partial charge in [0.25, 0.3) is 0 Å². The molecule has 0 aliphatic rings. The molecule has 1 rings (SSSR count). The molecule has 0 radical (unpaired) electrons. The molecule has 0 aliphatic carbocycles. The monoisotopic (exact) mass is 347 g/mol. The van der Waals surface area contributed by atoms with Gasteiger partial charge in [-0.3, -0.25) is 4.79 Å². The molecule has 1 N–H and O–H groups in total. The standard InChI is InChI=1S/C19H25NO3S/c1-6-15(8-7-13-22-5)16-9-11-17(12-10-16)24-20-14-18(21)23-19(2,3)4/h6-13,20H,1,14H2,2-5H3/b13-7+,15-8+. The molecular weight excluding hydrogens is 322 g/mol. The Hall–Kier alpha value is -1.98. The molecule has 0 atom stereocenters. The number of hydrogen-bond donors (Lipinski definition) is 1. The van der Waals surface area contributed by atoms with Crippen molar-refractivity contribution in [1.82, 2.24) is 4.72 Å². The number of carbonyl (C=O) groups is 1. The minimum absolute atomic E-state index is 0.156. The quantitative estimate of drug-likeness (QED) is 0.328. The van der Waals surface area contributed by atoms with E-state index in [9.17, 15) is 4.79 Å². The molecule has 0 unspecified atom stereocenters. The van der Waals surface area contributed by atoms with Gasteiger partial charge in [0.1, 0.15) is 12.1 Å². The first kappa shape index (κ1) is 20.1. The number of esters is 1. The molecule has 0 saturated heterocycles. The Balaban J connectivity index is 2.56. The molecule has 1 aromatic carbocycles. The van der Waals surface area contributed by atoms with Gasteiger partial charge in [0.05, 0.1) is 13.4 Å². The van der Waals surface area contributed by atoms with Crippen LogP contribution in [-0.4, -0.2) is 25.2 Å². The van der Waals surface area contributed by atoms with Crippen molar-refractivity contribution in [2.45, 2.75) is 31.3 Å². The molecule has 1 aromatic rings. The van der Waals surface area contributed by atoms with Gasteiger partial charge in [-0.25, -0.2) is 4.72 Å². The van der Waals surface area contributed by atoms with Gasteiger partial charge >= 0.3 is 5.97 Å². The highest BCUT2D eigenvalue weighted by Gasteiger charge is 2.15. The van der Waals surface area contributed by atoms with Crippen molar-refractivity contribution >= 4 is 23.5 Å². The van der Waals surface area contributed by atoms with E-state index in [4.69, 9.17) is 9.47 Å². The highest BCUT2D eigenvalue weighted by atomic mass is 32.2. The lowest BCUT2D eigenvalue weighted by atomic mass is 10.1. The van der Waals surface area contributed by atoms with Crippen LogP contribution >= 0.6 is 11.9 Å². The van der Waals surface area contributed by atoms with Crippen LogP contribution in [0.3, 0.4) is 0 Å². The van der Waals surface area contributed by atoms with Crippen LogP contribution in [0.15, 0.2) is 60.2 Å². The largest absolute Gasteiger partial charge is 0.504 e. The number of ether oxygens (including phenoxy) is 2. The Labute approximate surface area is 148 Å². The normalized spacial score (nSPS) is 12.2. The van der Waals surface area contributed by atoms with Crippen molar-refractivity contribution in [3.05, 3.63) is 60.9 Å². The maximum absolute atomic E-state index is 11.6. The maximum atomic E-state index is 11.6. The number of benzene rings is 1. The summed E-state index contributed by atoms with van der Waals surface area (Å²) in [5, 5.41) is 0. The third kappa shape index (κ3) is 8.04. The van der Waals surface area contributed by atoms with Crippen LogP contribution in [0, 0.1) is 0 Å². The Bertz CT molecular complexity index is 598. The second-order valence-electron chi connectivity index (χ2n) is 5.92. The zero-order valence-corrected chi connectivity index (χ0v) is 15.5. The summed E-state index contributed by atoms with van der Waals surface area (Å²) in [4.78, 5) is 12.6. The van der Waals surface area contributed by atoms with Crippen molar-refractivity contribution < 1.29 is 14.3 Å². The molecule has 0 fully saturated rings. The second kappa shape index (κ2) is 10.0. The summed E-state index contributed by atoms with van der Waals surface area (Å²) < 4.78 is 13.1. The first-order chi connectivity index (χ1) is 11.4. The molecule has 130 valence electrons. The van der Waals surface area contributed by atoms with Gasteiger partial charge in [-0.1, -0.05) is 30.9 Å². The fraction of sp³-hybridized carbons (Fsp3) is 0.316. The molecule has 0 aromatic heterocycles. The van der Waals surface area contributed by atoms with Crippen molar-refractivity contribution in [2.75, 3.05) is 13.7 Å². The van der Waals surface area contributed by atoms with E-state index in [0.717, 1.165) is 16.0 Å². The third-order valence-electron chi connectivity index (χ3n) is 2.72. The number of methoxy groups -OCH3 is 1. The fourth-order valence-corrected chi connectivity index (χ4v) is 2.40. The van der Waals surface area contributed by atoms with Crippen LogP contribution in [0.1, 0.15) is 26.3 Å². The van der Waals surface area contributed by atoms with E-state index in [0.29, 0.717) is 0 Å². The summed E-state index contributed by atoms with van der Waals surface area (Å²) in [5.74, 6) is -0.270. The number of carbonyl (C=O) groups excluding carboxylic acids is 1. The summed E-state index contributed by atoms with van der Waals surface area (Å²) in [6.07, 6.45) is 7.15. The van der Waals surface area contributed by atoms with Crippen molar-refractivity contribution in [2.24, 2.45) is 0 Å². The fourth-order valence-electron chi connectivity index (χ4n) is 1.77. The average molecular weight is 347 g/mol. The van der Waals surface area contributed by atoms with Gasteiger partial charge in [0, 0.05) is 4.90 Å². The molecule has 0 saturated carbocycles. The van der Waals surface area contributed by atoms with Gasteiger partial charge in [0.15, 0.2) is 0 Å². The lowest BCUT2D eigenvalue weighted by molar-refractivity contribution is -0.153. The number of allylic oxidation sites excluding steroid dienone is 4. The average Bonchev–Trinajstić information content (AvgIpc) is 2.51. The van der Waals surface area contributed by atoms with E-state index >= 15 is 0 Å². The van der Waals surface area contributed by atoms with Crippen LogP contribution in [0.4, 0.5) is 0 Å². The minimum atomic E-state index is -0.463. The zero-order chi connectivity index (χ0) is 18.0. The van der Waals surface area contributed by atoms with E-state index in [1.165, 1.54) is 11.9 Å². The third-order valence-corrected chi connectivity index (χ3v) is 3.52. The molecule has 5 heteroatoms. The topological polar surface area (TPSA) is 47.6 Å².